The molecule has 4 aromatic rings. The maximum absolute atomic E-state index is 14.0. The van der Waals surface area contributed by atoms with Gasteiger partial charge >= 0.3 is 4.87 Å². The molecule has 11 heteroatoms. The SMILES string of the molecule is O=C(COc1ccc(Cl)cc1[C@H]1c2sc(=O)[nH]c2SC2C3CC(C4C(=O)N(c5ccccc5)C(=O)C34)C21)Nc1ccccc1. The normalized spacial score (nSPS) is 28.0. The number of thiazole rings is 1. The van der Waals surface area contributed by atoms with Crippen molar-refractivity contribution >= 4 is 63.8 Å². The van der Waals surface area contributed by atoms with Crippen LogP contribution in [0.25, 0.3) is 0 Å². The van der Waals surface area contributed by atoms with Gasteiger partial charge in [-0.1, -0.05) is 59.3 Å². The van der Waals surface area contributed by atoms with Crippen LogP contribution in [0.15, 0.2) is 88.7 Å². The first-order chi connectivity index (χ1) is 21.4. The smallest absolute Gasteiger partial charge is 0.305 e. The fourth-order valence-corrected chi connectivity index (χ4v) is 11.0. The van der Waals surface area contributed by atoms with Crippen LogP contribution in [0.1, 0.15) is 22.8 Å². The van der Waals surface area contributed by atoms with Crippen LogP contribution in [0.4, 0.5) is 11.4 Å². The zero-order valence-corrected chi connectivity index (χ0v) is 25.5. The van der Waals surface area contributed by atoms with Gasteiger partial charge in [-0.2, -0.15) is 0 Å². The Bertz CT molecular complexity index is 1860. The van der Waals surface area contributed by atoms with Gasteiger partial charge in [-0.25, -0.2) is 0 Å². The lowest BCUT2D eigenvalue weighted by Crippen LogP contribution is -2.42. The minimum atomic E-state index is -0.422. The van der Waals surface area contributed by atoms with Crippen molar-refractivity contribution in [3.05, 3.63) is 104 Å². The first-order valence-electron chi connectivity index (χ1n) is 14.5. The summed E-state index contributed by atoms with van der Waals surface area (Å²) >= 11 is 9.35. The topological polar surface area (TPSA) is 109 Å². The Morgan fingerprint density at radius 1 is 0.955 bits per heavy atom. The highest BCUT2D eigenvalue weighted by Crippen LogP contribution is 2.69. The van der Waals surface area contributed by atoms with Gasteiger partial charge in [0, 0.05) is 32.3 Å². The molecule has 0 spiro atoms. The fourth-order valence-electron chi connectivity index (χ4n) is 7.95. The van der Waals surface area contributed by atoms with Gasteiger partial charge in [0.25, 0.3) is 5.91 Å². The standard InChI is InChI=1S/C33H26ClN3O5S2/c34-16-11-12-22(42-15-23(38)35-17-7-3-1-4-8-17)19(13-16)24-25-20-14-21(28(25)43-30-29(24)44-33(41)36-30)27-26(20)31(39)37(32(27)40)18-9-5-2-6-10-18/h1-13,20-21,24-28H,14-15H2,(H,35,38)(H,36,41)/t20?,21?,24-,25?,26?,27?,28?/m1/s1. The molecule has 7 atom stereocenters. The van der Waals surface area contributed by atoms with Gasteiger partial charge in [0.1, 0.15) is 5.75 Å². The molecule has 8 nitrogen and oxygen atoms in total. The summed E-state index contributed by atoms with van der Waals surface area (Å²) in [6.07, 6.45) is 0.768. The Labute approximate surface area is 265 Å². The number of ether oxygens (including phenoxy) is 1. The number of hydrogen-bond donors (Lipinski definition) is 2. The van der Waals surface area contributed by atoms with Crippen molar-refractivity contribution in [3.8, 4) is 5.75 Å². The monoisotopic (exact) mass is 643 g/mol. The summed E-state index contributed by atoms with van der Waals surface area (Å²) in [4.78, 5) is 58.4. The highest BCUT2D eigenvalue weighted by Gasteiger charge is 2.69. The van der Waals surface area contributed by atoms with Gasteiger partial charge in [0.2, 0.25) is 11.8 Å². The van der Waals surface area contributed by atoms with E-state index in [4.69, 9.17) is 16.3 Å². The number of carbonyl (C=O) groups is 3. The van der Waals surface area contributed by atoms with E-state index < -0.39 is 5.92 Å². The number of halogens is 1. The van der Waals surface area contributed by atoms with Crippen LogP contribution in [0.3, 0.4) is 0 Å². The van der Waals surface area contributed by atoms with Gasteiger partial charge in [-0.05, 0) is 66.6 Å². The molecule has 1 aromatic heterocycles. The van der Waals surface area contributed by atoms with Gasteiger partial charge in [0.15, 0.2) is 6.61 Å². The average Bonchev–Trinajstić information content (AvgIpc) is 3.76. The molecule has 4 aliphatic rings. The third kappa shape index (κ3) is 4.34. The highest BCUT2D eigenvalue weighted by atomic mass is 35.5. The number of nitrogens with one attached hydrogen (secondary N) is 2. The molecule has 3 amide bonds. The molecule has 2 saturated carbocycles. The highest BCUT2D eigenvalue weighted by molar-refractivity contribution is 8.00. The molecule has 6 unspecified atom stereocenters. The number of H-pyrrole nitrogens is 1. The third-order valence-corrected chi connectivity index (χ3v) is 12.3. The number of para-hydroxylation sites is 2. The first-order valence-corrected chi connectivity index (χ1v) is 16.6. The van der Waals surface area contributed by atoms with Crippen LogP contribution in [-0.2, 0) is 14.4 Å². The van der Waals surface area contributed by atoms with Crippen molar-refractivity contribution in [1.82, 2.24) is 4.98 Å². The number of imide groups is 1. The molecular weight excluding hydrogens is 618 g/mol. The van der Waals surface area contributed by atoms with Crippen molar-refractivity contribution in [2.75, 3.05) is 16.8 Å². The van der Waals surface area contributed by atoms with E-state index in [1.807, 2.05) is 42.5 Å². The molecular formula is C33H26ClN3O5S2. The second kappa shape index (κ2) is 10.6. The van der Waals surface area contributed by atoms with E-state index in [9.17, 15) is 19.2 Å². The molecule has 2 aliphatic carbocycles. The van der Waals surface area contributed by atoms with Crippen molar-refractivity contribution in [1.29, 1.82) is 0 Å². The summed E-state index contributed by atoms with van der Waals surface area (Å²) in [6, 6.07) is 23.6. The van der Waals surface area contributed by atoms with Gasteiger partial charge in [-0.3, -0.25) is 24.1 Å². The van der Waals surface area contributed by atoms with Crippen molar-refractivity contribution in [2.24, 2.45) is 29.6 Å². The van der Waals surface area contributed by atoms with Gasteiger partial charge in [0.05, 0.1) is 22.5 Å². The molecule has 3 heterocycles. The number of nitrogens with zero attached hydrogens (tertiary/aromatic N) is 1. The summed E-state index contributed by atoms with van der Waals surface area (Å²) in [6.45, 7) is -0.217. The number of thioether (sulfide) groups is 1. The summed E-state index contributed by atoms with van der Waals surface area (Å²) < 4.78 is 6.14. The Hall–Kier alpha value is -3.86. The molecule has 44 heavy (non-hydrogen) atoms. The zero-order valence-electron chi connectivity index (χ0n) is 23.1. The van der Waals surface area contributed by atoms with E-state index in [0.29, 0.717) is 22.1 Å². The summed E-state index contributed by atoms with van der Waals surface area (Å²) in [5, 5.41) is 4.15. The minimum absolute atomic E-state index is 0.00980. The number of fused-ring (bicyclic) bond motifs is 9. The number of anilines is 2. The van der Waals surface area contributed by atoms with Crippen LogP contribution in [0, 0.1) is 29.6 Å². The van der Waals surface area contributed by atoms with E-state index in [0.717, 1.165) is 33.2 Å². The quantitative estimate of drug-likeness (QED) is 0.258. The molecule has 2 bridgehead atoms. The van der Waals surface area contributed by atoms with Gasteiger partial charge in [-0.15, -0.1) is 11.8 Å². The first kappa shape index (κ1) is 27.7. The molecule has 8 rings (SSSR count). The molecule has 3 aromatic carbocycles. The molecule has 0 radical (unpaired) electrons. The van der Waals surface area contributed by atoms with Crippen LogP contribution in [-0.4, -0.2) is 34.6 Å². The molecule has 3 fully saturated rings. The Kier molecular flexibility index (Phi) is 6.69. The van der Waals surface area contributed by atoms with E-state index >= 15 is 0 Å². The predicted molar refractivity (Wildman–Crippen MR) is 169 cm³/mol. The van der Waals surface area contributed by atoms with Crippen LogP contribution < -0.4 is 19.8 Å². The Balaban J connectivity index is 1.16. The summed E-state index contributed by atoms with van der Waals surface area (Å²) in [5.74, 6) is -1.28. The lowest BCUT2D eigenvalue weighted by molar-refractivity contribution is -0.123. The van der Waals surface area contributed by atoms with Gasteiger partial charge < -0.3 is 15.0 Å². The number of amides is 3. The summed E-state index contributed by atoms with van der Waals surface area (Å²) in [5.41, 5.74) is 2.05. The number of hydrogen-bond acceptors (Lipinski definition) is 7. The second-order valence-electron chi connectivity index (χ2n) is 11.7. The predicted octanol–water partition coefficient (Wildman–Crippen LogP) is 5.79. The van der Waals surface area contributed by atoms with E-state index in [1.54, 1.807) is 48.2 Å². The lowest BCUT2D eigenvalue weighted by Gasteiger charge is -2.43. The zero-order chi connectivity index (χ0) is 30.1. The third-order valence-electron chi connectivity index (χ3n) is 9.46. The molecule has 2 aliphatic heterocycles. The number of carbonyl (C=O) groups excluding carboxylic acids is 3. The van der Waals surface area contributed by atoms with E-state index in [-0.39, 0.29) is 64.0 Å². The Morgan fingerprint density at radius 2 is 1.66 bits per heavy atom. The maximum atomic E-state index is 14.0. The molecule has 2 N–H and O–H groups in total. The summed E-state index contributed by atoms with van der Waals surface area (Å²) in [7, 11) is 0. The van der Waals surface area contributed by atoms with E-state index in [2.05, 4.69) is 10.3 Å². The Morgan fingerprint density at radius 3 is 2.41 bits per heavy atom. The van der Waals surface area contributed by atoms with Crippen molar-refractivity contribution < 1.29 is 19.1 Å². The van der Waals surface area contributed by atoms with Crippen molar-refractivity contribution in [3.63, 3.8) is 0 Å². The lowest BCUT2D eigenvalue weighted by atomic mass is 9.68. The maximum Gasteiger partial charge on any atom is 0.305 e. The number of rotatable bonds is 6. The average molecular weight is 644 g/mol. The van der Waals surface area contributed by atoms with Crippen LogP contribution in [0.2, 0.25) is 5.02 Å². The second-order valence-corrected chi connectivity index (χ2v) is 14.3. The van der Waals surface area contributed by atoms with Crippen LogP contribution >= 0.6 is 34.7 Å². The largest absolute Gasteiger partial charge is 0.483 e. The minimum Gasteiger partial charge on any atom is -0.483 e. The number of aromatic nitrogens is 1. The molecule has 222 valence electrons. The van der Waals surface area contributed by atoms with E-state index in [1.165, 1.54) is 4.90 Å². The number of benzene rings is 3. The van der Waals surface area contributed by atoms with Crippen LogP contribution in [0.5, 0.6) is 5.75 Å². The fraction of sp³-hybridized carbons (Fsp3) is 0.273. The molecule has 1 saturated heterocycles. The van der Waals surface area contributed by atoms with Crippen molar-refractivity contribution in [2.45, 2.75) is 22.6 Å². The number of aromatic amines is 1.